The first-order valence-electron chi connectivity index (χ1n) is 3.16. The van der Waals surface area contributed by atoms with Crippen molar-refractivity contribution in [2.75, 3.05) is 0 Å². The summed E-state index contributed by atoms with van der Waals surface area (Å²) in [5.74, 6) is 0.0393. The van der Waals surface area contributed by atoms with Crippen molar-refractivity contribution >= 4 is 25.7 Å². The van der Waals surface area contributed by atoms with E-state index >= 15 is 0 Å². The van der Waals surface area contributed by atoms with E-state index in [2.05, 4.69) is 0 Å². The van der Waals surface area contributed by atoms with Crippen LogP contribution in [0, 0.1) is 0 Å². The molecule has 12 heavy (non-hydrogen) atoms. The van der Waals surface area contributed by atoms with Crippen molar-refractivity contribution in [3.63, 3.8) is 0 Å². The number of fused-ring (bicyclic) bond motifs is 1. The van der Waals surface area contributed by atoms with Gasteiger partial charge in [0.2, 0.25) is 5.12 Å². The summed E-state index contributed by atoms with van der Waals surface area (Å²) in [5.41, 5.74) is 0.441. The van der Waals surface area contributed by atoms with Gasteiger partial charge in [-0.2, -0.15) is 0 Å². The second kappa shape index (κ2) is 2.60. The summed E-state index contributed by atoms with van der Waals surface area (Å²) in [4.78, 5) is 11.5. The SMILES string of the molecule is O=C1SS(=O)c2cc(O)ccc21. The van der Waals surface area contributed by atoms with Crippen LogP contribution in [0.3, 0.4) is 0 Å². The average Bonchev–Trinajstić information content (AvgIpc) is 2.28. The van der Waals surface area contributed by atoms with E-state index in [1.807, 2.05) is 0 Å². The van der Waals surface area contributed by atoms with Gasteiger partial charge in [0, 0.05) is 16.4 Å². The van der Waals surface area contributed by atoms with E-state index in [1.54, 1.807) is 0 Å². The number of carbonyl (C=O) groups is 1. The van der Waals surface area contributed by atoms with E-state index in [0.717, 1.165) is 10.8 Å². The molecule has 1 aliphatic heterocycles. The molecule has 0 amide bonds. The minimum Gasteiger partial charge on any atom is -0.508 e. The first-order valence-corrected chi connectivity index (χ1v) is 5.64. The molecule has 0 saturated carbocycles. The Bertz CT molecular complexity index is 386. The predicted molar refractivity (Wildman–Crippen MR) is 46.4 cm³/mol. The normalized spacial score (nSPS) is 21.0. The Hall–Kier alpha value is -0.810. The van der Waals surface area contributed by atoms with Crippen molar-refractivity contribution < 1.29 is 14.1 Å². The van der Waals surface area contributed by atoms with Gasteiger partial charge in [-0.25, -0.2) is 4.21 Å². The van der Waals surface area contributed by atoms with Crippen LogP contribution in [0.15, 0.2) is 23.1 Å². The summed E-state index contributed by atoms with van der Waals surface area (Å²) >= 11 is 0. The van der Waals surface area contributed by atoms with Gasteiger partial charge in [-0.3, -0.25) is 4.79 Å². The molecule has 0 bridgehead atoms. The maximum absolute atomic E-state index is 11.2. The molecule has 1 unspecified atom stereocenters. The van der Waals surface area contributed by atoms with Gasteiger partial charge >= 0.3 is 0 Å². The zero-order valence-electron chi connectivity index (χ0n) is 5.81. The largest absolute Gasteiger partial charge is 0.508 e. The summed E-state index contributed by atoms with van der Waals surface area (Å²) < 4.78 is 11.2. The summed E-state index contributed by atoms with van der Waals surface area (Å²) in [5, 5.41) is 8.85. The second-order valence-corrected chi connectivity index (χ2v) is 5.14. The number of phenols is 1. The number of rotatable bonds is 0. The Morgan fingerprint density at radius 3 is 2.92 bits per heavy atom. The van der Waals surface area contributed by atoms with E-state index in [4.69, 9.17) is 5.11 Å². The molecule has 0 aliphatic carbocycles. The van der Waals surface area contributed by atoms with E-state index in [1.165, 1.54) is 18.2 Å². The molecule has 1 aromatic rings. The van der Waals surface area contributed by atoms with E-state index in [9.17, 15) is 9.00 Å². The molecule has 0 aromatic heterocycles. The smallest absolute Gasteiger partial charge is 0.233 e. The molecular weight excluding hydrogens is 196 g/mol. The van der Waals surface area contributed by atoms with Crippen LogP contribution in [0.25, 0.3) is 0 Å². The van der Waals surface area contributed by atoms with Crippen LogP contribution < -0.4 is 0 Å². The lowest BCUT2D eigenvalue weighted by atomic mass is 10.2. The van der Waals surface area contributed by atoms with Gasteiger partial charge in [0.05, 0.1) is 4.90 Å². The van der Waals surface area contributed by atoms with E-state index in [-0.39, 0.29) is 10.9 Å². The van der Waals surface area contributed by atoms with Gasteiger partial charge in [-0.05, 0) is 18.2 Å². The molecule has 1 aliphatic rings. The minimum absolute atomic E-state index is 0.0393. The highest BCUT2D eigenvalue weighted by molar-refractivity contribution is 8.76. The minimum atomic E-state index is -1.33. The molecule has 62 valence electrons. The van der Waals surface area contributed by atoms with Crippen molar-refractivity contribution in [3.05, 3.63) is 23.8 Å². The fraction of sp³-hybridized carbons (Fsp3) is 0. The first-order chi connectivity index (χ1) is 5.68. The molecule has 1 atom stereocenters. The van der Waals surface area contributed by atoms with E-state index < -0.39 is 9.83 Å². The fourth-order valence-corrected chi connectivity index (χ4v) is 3.46. The maximum atomic E-state index is 11.2. The zero-order chi connectivity index (χ0) is 8.72. The Morgan fingerprint density at radius 1 is 1.42 bits per heavy atom. The van der Waals surface area contributed by atoms with Crippen molar-refractivity contribution in [1.29, 1.82) is 0 Å². The van der Waals surface area contributed by atoms with Gasteiger partial charge in [0.15, 0.2) is 0 Å². The monoisotopic (exact) mass is 200 g/mol. The van der Waals surface area contributed by atoms with Crippen molar-refractivity contribution in [2.45, 2.75) is 4.90 Å². The van der Waals surface area contributed by atoms with Crippen LogP contribution >= 0.6 is 10.8 Å². The van der Waals surface area contributed by atoms with Crippen molar-refractivity contribution in [3.8, 4) is 5.75 Å². The predicted octanol–water partition coefficient (Wildman–Crippen LogP) is 1.30. The Labute approximate surface area is 74.6 Å². The number of phenolic OH excluding ortho intramolecular Hbond substituents is 1. The highest BCUT2D eigenvalue weighted by Gasteiger charge is 2.27. The van der Waals surface area contributed by atoms with E-state index in [0.29, 0.717) is 10.5 Å². The highest BCUT2D eigenvalue weighted by Crippen LogP contribution is 2.35. The molecule has 3 nitrogen and oxygen atoms in total. The molecule has 0 spiro atoms. The third-order valence-corrected chi connectivity index (χ3v) is 4.18. The van der Waals surface area contributed by atoms with Crippen LogP contribution in [-0.2, 0) is 9.83 Å². The average molecular weight is 200 g/mol. The maximum Gasteiger partial charge on any atom is 0.233 e. The van der Waals surface area contributed by atoms with Crippen LogP contribution in [0.5, 0.6) is 5.75 Å². The van der Waals surface area contributed by atoms with Crippen molar-refractivity contribution in [2.24, 2.45) is 0 Å². The molecule has 5 heteroatoms. The molecule has 0 fully saturated rings. The topological polar surface area (TPSA) is 54.4 Å². The lowest BCUT2D eigenvalue weighted by Gasteiger charge is -1.94. The number of carbonyl (C=O) groups excluding carboxylic acids is 1. The second-order valence-electron chi connectivity index (χ2n) is 2.29. The number of aromatic hydroxyl groups is 1. The highest BCUT2D eigenvalue weighted by atomic mass is 33.1. The summed E-state index contributed by atoms with van der Waals surface area (Å²) in [6.45, 7) is 0. The standard InChI is InChI=1S/C7H4O3S2/c8-4-1-2-5-6(3-4)12(10)11-7(5)9/h1-3,8H. The quantitative estimate of drug-likeness (QED) is 0.641. The number of hydrogen-bond donors (Lipinski definition) is 1. The fourth-order valence-electron chi connectivity index (χ4n) is 0.976. The Balaban J connectivity index is 2.68. The molecule has 1 N–H and O–H groups in total. The Kier molecular flexibility index (Phi) is 1.69. The third kappa shape index (κ3) is 1.05. The summed E-state index contributed by atoms with van der Waals surface area (Å²) in [6, 6.07) is 4.27. The van der Waals surface area contributed by atoms with Gasteiger partial charge in [0.1, 0.15) is 15.6 Å². The Morgan fingerprint density at radius 2 is 2.17 bits per heavy atom. The van der Waals surface area contributed by atoms with Gasteiger partial charge < -0.3 is 5.11 Å². The zero-order valence-corrected chi connectivity index (χ0v) is 7.45. The van der Waals surface area contributed by atoms with Gasteiger partial charge in [-0.1, -0.05) is 0 Å². The molecule has 0 saturated heterocycles. The third-order valence-electron chi connectivity index (χ3n) is 1.52. The lowest BCUT2D eigenvalue weighted by molar-refractivity contribution is 0.108. The van der Waals surface area contributed by atoms with Crippen molar-refractivity contribution in [1.82, 2.24) is 0 Å². The van der Waals surface area contributed by atoms with Crippen LogP contribution in [0.2, 0.25) is 0 Å². The van der Waals surface area contributed by atoms with Gasteiger partial charge in [0.25, 0.3) is 0 Å². The number of benzene rings is 1. The lowest BCUT2D eigenvalue weighted by Crippen LogP contribution is -1.86. The first kappa shape index (κ1) is 7.82. The molecule has 1 aromatic carbocycles. The number of hydrogen-bond acceptors (Lipinski definition) is 4. The molecule has 2 rings (SSSR count). The summed E-state index contributed by atoms with van der Waals surface area (Å²) in [6.07, 6.45) is 0. The van der Waals surface area contributed by atoms with Crippen LogP contribution in [0.1, 0.15) is 10.4 Å². The molecular formula is C7H4O3S2. The summed E-state index contributed by atoms with van der Waals surface area (Å²) in [7, 11) is -0.551. The van der Waals surface area contributed by atoms with Gasteiger partial charge in [-0.15, -0.1) is 0 Å². The molecule has 1 heterocycles. The van der Waals surface area contributed by atoms with Crippen LogP contribution in [0.4, 0.5) is 0 Å². The van der Waals surface area contributed by atoms with Crippen LogP contribution in [-0.4, -0.2) is 14.4 Å². The molecule has 0 radical (unpaired) electrons.